The molecule has 2 aliphatic carbocycles. The lowest BCUT2D eigenvalue weighted by molar-refractivity contribution is 0.212. The van der Waals surface area contributed by atoms with Gasteiger partial charge in [0.25, 0.3) is 0 Å². The van der Waals surface area contributed by atoms with Gasteiger partial charge >= 0.3 is 0 Å². The van der Waals surface area contributed by atoms with E-state index in [1.54, 1.807) is 12.1 Å². The van der Waals surface area contributed by atoms with Crippen molar-refractivity contribution in [2.45, 2.75) is 31.0 Å². The number of anilines is 1. The molecule has 17 heavy (non-hydrogen) atoms. The number of halogens is 1. The van der Waals surface area contributed by atoms with Gasteiger partial charge in [-0.15, -0.1) is 0 Å². The van der Waals surface area contributed by atoms with Crippen LogP contribution in [-0.4, -0.2) is 10.5 Å². The Balaban J connectivity index is 1.99. The number of aromatic nitrogens is 1. The van der Waals surface area contributed by atoms with E-state index in [0.717, 1.165) is 0 Å². The highest BCUT2D eigenvalue weighted by Crippen LogP contribution is 2.45. The second-order valence-electron chi connectivity index (χ2n) is 5.15. The van der Waals surface area contributed by atoms with Crippen LogP contribution in [0.1, 0.15) is 36.6 Å². The Morgan fingerprint density at radius 2 is 2.24 bits per heavy atom. The van der Waals surface area contributed by atoms with Crippen molar-refractivity contribution in [2.24, 2.45) is 11.7 Å². The maximum Gasteiger partial charge on any atom is 0.147 e. The molecular formula is C13H16FN3. The quantitative estimate of drug-likeness (QED) is 0.823. The number of fused-ring (bicyclic) bond motifs is 1. The number of pyridine rings is 1. The van der Waals surface area contributed by atoms with Gasteiger partial charge in [0.1, 0.15) is 12.0 Å². The summed E-state index contributed by atoms with van der Waals surface area (Å²) in [6, 6.07) is 1.67. The van der Waals surface area contributed by atoms with Gasteiger partial charge in [-0.3, -0.25) is 0 Å². The molecule has 3 nitrogen and oxygen atoms in total. The Morgan fingerprint density at radius 1 is 1.47 bits per heavy atom. The number of nitrogens with two attached hydrogens (primary N) is 2. The van der Waals surface area contributed by atoms with Gasteiger partial charge in [0.2, 0.25) is 0 Å². The minimum absolute atomic E-state index is 0.370. The van der Waals surface area contributed by atoms with E-state index in [0.29, 0.717) is 29.3 Å². The van der Waals surface area contributed by atoms with Crippen LogP contribution in [0.5, 0.6) is 0 Å². The Kier molecular flexibility index (Phi) is 2.23. The fourth-order valence-electron chi connectivity index (χ4n) is 2.51. The summed E-state index contributed by atoms with van der Waals surface area (Å²) in [6.45, 7) is 0. The zero-order valence-electron chi connectivity index (χ0n) is 9.57. The van der Waals surface area contributed by atoms with Crippen molar-refractivity contribution >= 4 is 11.9 Å². The van der Waals surface area contributed by atoms with E-state index in [1.807, 2.05) is 6.08 Å². The number of nitrogens with zero attached hydrogens (tertiary/aromatic N) is 1. The molecule has 1 fully saturated rings. The standard InChI is InChI=1S/C13H16FN3/c14-11-9-4-6-17-12(15)10(9)3-5-13(11,16)7-8-1-2-8/h3-6,8,11H,1-2,7,16H2,(H2,15,17). The lowest BCUT2D eigenvalue weighted by Gasteiger charge is -2.34. The molecule has 1 aromatic rings. The number of alkyl halides is 1. The van der Waals surface area contributed by atoms with E-state index in [1.165, 1.54) is 19.0 Å². The predicted molar refractivity (Wildman–Crippen MR) is 65.8 cm³/mol. The average Bonchev–Trinajstić information content (AvgIpc) is 3.08. The van der Waals surface area contributed by atoms with Crippen LogP contribution in [0.15, 0.2) is 18.3 Å². The smallest absolute Gasteiger partial charge is 0.147 e. The first-order valence-corrected chi connectivity index (χ1v) is 5.97. The van der Waals surface area contributed by atoms with Gasteiger partial charge in [-0.2, -0.15) is 0 Å². The lowest BCUT2D eigenvalue weighted by atomic mass is 9.79. The molecule has 1 saturated carbocycles. The molecule has 0 aromatic carbocycles. The van der Waals surface area contributed by atoms with E-state index in [4.69, 9.17) is 11.5 Å². The van der Waals surface area contributed by atoms with Crippen LogP contribution in [0.4, 0.5) is 10.2 Å². The fourth-order valence-corrected chi connectivity index (χ4v) is 2.51. The third-order valence-corrected chi connectivity index (χ3v) is 3.70. The van der Waals surface area contributed by atoms with Crippen molar-refractivity contribution in [1.82, 2.24) is 4.98 Å². The summed E-state index contributed by atoms with van der Waals surface area (Å²) in [5.41, 5.74) is 12.3. The van der Waals surface area contributed by atoms with Gasteiger partial charge in [0, 0.05) is 17.3 Å². The van der Waals surface area contributed by atoms with Gasteiger partial charge in [-0.25, -0.2) is 9.37 Å². The van der Waals surface area contributed by atoms with Crippen molar-refractivity contribution in [1.29, 1.82) is 0 Å². The molecule has 4 N–H and O–H groups in total. The Hall–Kier alpha value is -1.42. The third kappa shape index (κ3) is 1.72. The van der Waals surface area contributed by atoms with E-state index in [-0.39, 0.29) is 0 Å². The van der Waals surface area contributed by atoms with Crippen LogP contribution < -0.4 is 11.5 Å². The van der Waals surface area contributed by atoms with Crippen molar-refractivity contribution in [3.8, 4) is 0 Å². The monoisotopic (exact) mass is 233 g/mol. The number of rotatable bonds is 2. The number of hydrogen-bond acceptors (Lipinski definition) is 3. The van der Waals surface area contributed by atoms with Crippen LogP contribution in [-0.2, 0) is 0 Å². The summed E-state index contributed by atoms with van der Waals surface area (Å²) in [5.74, 6) is 0.957. The summed E-state index contributed by atoms with van der Waals surface area (Å²) in [4.78, 5) is 3.97. The van der Waals surface area contributed by atoms with Gasteiger partial charge < -0.3 is 11.5 Å². The van der Waals surface area contributed by atoms with Crippen LogP contribution in [0, 0.1) is 5.92 Å². The second kappa shape index (κ2) is 3.53. The molecule has 0 spiro atoms. The molecule has 2 aliphatic rings. The van der Waals surface area contributed by atoms with Gasteiger partial charge in [-0.1, -0.05) is 25.0 Å². The molecule has 2 atom stereocenters. The minimum atomic E-state index is -1.19. The average molecular weight is 233 g/mol. The van der Waals surface area contributed by atoms with E-state index < -0.39 is 11.7 Å². The van der Waals surface area contributed by atoms with E-state index in [2.05, 4.69) is 4.98 Å². The molecule has 0 saturated heterocycles. The van der Waals surface area contributed by atoms with Crippen molar-refractivity contribution in [2.75, 3.05) is 5.73 Å². The molecule has 1 aromatic heterocycles. The van der Waals surface area contributed by atoms with Gasteiger partial charge in [0.05, 0.1) is 5.54 Å². The van der Waals surface area contributed by atoms with E-state index in [9.17, 15) is 4.39 Å². The second-order valence-corrected chi connectivity index (χ2v) is 5.15. The SMILES string of the molecule is Nc1nccc2c1C=CC(N)(CC1CC1)C2F. The Bertz CT molecular complexity index is 482. The Morgan fingerprint density at radius 3 is 2.94 bits per heavy atom. The third-order valence-electron chi connectivity index (χ3n) is 3.70. The summed E-state index contributed by atoms with van der Waals surface area (Å²) in [5, 5.41) is 0. The molecule has 2 unspecified atom stereocenters. The molecular weight excluding hydrogens is 217 g/mol. The lowest BCUT2D eigenvalue weighted by Crippen LogP contribution is -2.44. The molecule has 3 rings (SSSR count). The Labute approximate surface area is 99.7 Å². The molecule has 0 radical (unpaired) electrons. The van der Waals surface area contributed by atoms with Crippen molar-refractivity contribution < 1.29 is 4.39 Å². The number of nitrogen functional groups attached to an aromatic ring is 1. The summed E-state index contributed by atoms with van der Waals surface area (Å²) < 4.78 is 14.5. The summed E-state index contributed by atoms with van der Waals surface area (Å²) in [6.07, 6.45) is 6.99. The molecule has 0 aliphatic heterocycles. The highest BCUT2D eigenvalue weighted by molar-refractivity contribution is 5.68. The maximum atomic E-state index is 14.5. The highest BCUT2D eigenvalue weighted by Gasteiger charge is 2.42. The zero-order valence-corrected chi connectivity index (χ0v) is 9.57. The van der Waals surface area contributed by atoms with Crippen LogP contribution >= 0.6 is 0 Å². The van der Waals surface area contributed by atoms with Crippen LogP contribution in [0.25, 0.3) is 6.08 Å². The molecule has 0 amide bonds. The predicted octanol–water partition coefficient (Wildman–Crippen LogP) is 2.20. The van der Waals surface area contributed by atoms with Crippen molar-refractivity contribution in [3.63, 3.8) is 0 Å². The van der Waals surface area contributed by atoms with Crippen LogP contribution in [0.2, 0.25) is 0 Å². The largest absolute Gasteiger partial charge is 0.383 e. The zero-order chi connectivity index (χ0) is 12.0. The minimum Gasteiger partial charge on any atom is -0.383 e. The first-order chi connectivity index (χ1) is 8.10. The topological polar surface area (TPSA) is 64.9 Å². The van der Waals surface area contributed by atoms with E-state index >= 15 is 0 Å². The first-order valence-electron chi connectivity index (χ1n) is 5.97. The van der Waals surface area contributed by atoms with Gasteiger partial charge in [-0.05, 0) is 18.4 Å². The molecule has 0 bridgehead atoms. The molecule has 4 heteroatoms. The normalized spacial score (nSPS) is 31.3. The number of hydrogen-bond donors (Lipinski definition) is 2. The first kappa shape index (κ1) is 10.7. The van der Waals surface area contributed by atoms with Gasteiger partial charge in [0.15, 0.2) is 0 Å². The summed E-state index contributed by atoms with van der Waals surface area (Å²) in [7, 11) is 0. The highest BCUT2D eigenvalue weighted by atomic mass is 19.1. The van der Waals surface area contributed by atoms with Crippen molar-refractivity contribution in [3.05, 3.63) is 29.5 Å². The van der Waals surface area contributed by atoms with Crippen LogP contribution in [0.3, 0.4) is 0 Å². The maximum absolute atomic E-state index is 14.5. The summed E-state index contributed by atoms with van der Waals surface area (Å²) >= 11 is 0. The fraction of sp³-hybridized carbons (Fsp3) is 0.462. The molecule has 1 heterocycles. The molecule has 90 valence electrons.